The van der Waals surface area contributed by atoms with Gasteiger partial charge >= 0.3 is 18.9 Å². The van der Waals surface area contributed by atoms with E-state index in [2.05, 4.69) is 9.05 Å². The van der Waals surface area contributed by atoms with Crippen LogP contribution in [0.5, 0.6) is 0 Å². The molecule has 8 heteroatoms. The van der Waals surface area contributed by atoms with E-state index in [4.69, 9.17) is 0 Å². The Balaban J connectivity index is 0. The first-order valence-electron chi connectivity index (χ1n) is 5.92. The fourth-order valence-corrected chi connectivity index (χ4v) is 1.37. The van der Waals surface area contributed by atoms with Gasteiger partial charge < -0.3 is 13.9 Å². The van der Waals surface area contributed by atoms with Gasteiger partial charge in [0.2, 0.25) is 0 Å². The zero-order valence-electron chi connectivity index (χ0n) is 13.3. The summed E-state index contributed by atoms with van der Waals surface area (Å²) in [5.74, 6) is -0.733. The quantitative estimate of drug-likeness (QED) is 0.448. The summed E-state index contributed by atoms with van der Waals surface area (Å²) in [7, 11) is -4.63. The largest absolute Gasteiger partial charge is 1.00 e. The molecule has 0 bridgehead atoms. The zero-order chi connectivity index (χ0) is 15.5. The molecule has 0 aliphatic carbocycles. The molecule has 0 radical (unpaired) electrons. The Morgan fingerprint density at radius 1 is 0.900 bits per heavy atom. The first-order chi connectivity index (χ1) is 8.26. The first-order valence-corrected chi connectivity index (χ1v) is 7.38. The Bertz CT molecular complexity index is 360. The molecule has 0 rings (SSSR count). The number of Topliss-reactive ketones (excluding diaryl/α,β-unsaturated/α-hetero) is 2. The number of carbonyl (C=O) groups excluding carboxylic acids is 2. The summed E-state index contributed by atoms with van der Waals surface area (Å²) in [5, 5.41) is 0. The van der Waals surface area contributed by atoms with Crippen molar-refractivity contribution in [2.75, 3.05) is 13.2 Å². The third-order valence-corrected chi connectivity index (χ3v) is 3.27. The van der Waals surface area contributed by atoms with Crippen LogP contribution in [0.3, 0.4) is 0 Å². The first kappa shape index (κ1) is 22.3. The van der Waals surface area contributed by atoms with E-state index in [0.29, 0.717) is 0 Å². The van der Waals surface area contributed by atoms with Crippen molar-refractivity contribution < 1.29 is 47.0 Å². The van der Waals surface area contributed by atoms with E-state index in [-0.39, 0.29) is 30.4 Å². The van der Waals surface area contributed by atoms with Gasteiger partial charge in [0, 0.05) is 10.8 Å². The number of rotatable bonds is 6. The smallest absolute Gasteiger partial charge is 0.756 e. The number of hydrogen-bond donors (Lipinski definition) is 0. The van der Waals surface area contributed by atoms with E-state index < -0.39 is 31.9 Å². The van der Waals surface area contributed by atoms with Crippen LogP contribution in [0.15, 0.2) is 0 Å². The van der Waals surface area contributed by atoms with Gasteiger partial charge in [-0.25, -0.2) is 0 Å². The molecular weight excluding hydrogens is 278 g/mol. The molecule has 0 aromatic rings. The summed E-state index contributed by atoms with van der Waals surface area (Å²) in [6, 6.07) is 0. The number of hydrogen-bond acceptors (Lipinski definition) is 6. The molecule has 6 nitrogen and oxygen atoms in total. The number of phosphoric acid groups is 1. The normalized spacial score (nSPS) is 12.8. The third-order valence-electron chi connectivity index (χ3n) is 2.38. The zero-order valence-corrected chi connectivity index (χ0v) is 14.2. The molecule has 0 aliphatic heterocycles. The van der Waals surface area contributed by atoms with Crippen molar-refractivity contribution in [2.45, 2.75) is 41.5 Å². The second-order valence-corrected chi connectivity index (χ2v) is 7.75. The molecule has 0 aromatic heterocycles. The summed E-state index contributed by atoms with van der Waals surface area (Å²) in [5.41, 5.74) is -1.39. The molecule has 0 unspecified atom stereocenters. The maximum Gasteiger partial charge on any atom is 1.00 e. The van der Waals surface area contributed by atoms with E-state index in [1.165, 1.54) is 0 Å². The van der Waals surface area contributed by atoms with Gasteiger partial charge in [0.15, 0.2) is 11.6 Å². The molecule has 112 valence electrons. The molecule has 0 amide bonds. The van der Waals surface area contributed by atoms with Gasteiger partial charge in [-0.3, -0.25) is 14.2 Å². The van der Waals surface area contributed by atoms with Crippen molar-refractivity contribution in [1.29, 1.82) is 0 Å². The Labute approximate surface area is 132 Å². The van der Waals surface area contributed by atoms with Crippen molar-refractivity contribution in [1.82, 2.24) is 0 Å². The fraction of sp³-hybridized carbons (Fsp3) is 0.833. The summed E-state index contributed by atoms with van der Waals surface area (Å²) < 4.78 is 20.3. The number of phosphoric ester groups is 1. The van der Waals surface area contributed by atoms with Crippen LogP contribution in [0.25, 0.3) is 0 Å². The molecule has 0 N–H and O–H groups in total. The summed E-state index contributed by atoms with van der Waals surface area (Å²) in [6.45, 7) is 8.73. The molecule has 0 spiro atoms. The molecule has 0 aliphatic rings. The Kier molecular flexibility index (Phi) is 8.81. The van der Waals surface area contributed by atoms with Gasteiger partial charge in [-0.1, -0.05) is 41.5 Å². The van der Waals surface area contributed by atoms with E-state index >= 15 is 0 Å². The maximum absolute atomic E-state index is 11.5. The SMILES string of the molecule is CC(C)(C)C(=O)COP(=O)([O-])OCC(=O)C(C)(C)C.[Li+]. The van der Waals surface area contributed by atoms with E-state index in [9.17, 15) is 19.0 Å². The van der Waals surface area contributed by atoms with Gasteiger partial charge in [0.25, 0.3) is 7.82 Å². The van der Waals surface area contributed by atoms with E-state index in [0.717, 1.165) is 0 Å². The monoisotopic (exact) mass is 300 g/mol. The average molecular weight is 300 g/mol. The molecule has 0 saturated carbocycles. The van der Waals surface area contributed by atoms with Crippen LogP contribution in [0.4, 0.5) is 0 Å². The predicted molar refractivity (Wildman–Crippen MR) is 68.4 cm³/mol. The maximum atomic E-state index is 11.5. The fourth-order valence-electron chi connectivity index (χ4n) is 0.746. The molecule has 20 heavy (non-hydrogen) atoms. The van der Waals surface area contributed by atoms with E-state index in [1.807, 2.05) is 0 Å². The van der Waals surface area contributed by atoms with Crippen molar-refractivity contribution in [3.63, 3.8) is 0 Å². The van der Waals surface area contributed by atoms with Crippen LogP contribution in [0, 0.1) is 10.8 Å². The Morgan fingerprint density at radius 3 is 1.35 bits per heavy atom. The topological polar surface area (TPSA) is 92.7 Å². The molecule has 0 fully saturated rings. The average Bonchev–Trinajstić information content (AvgIpc) is 2.20. The second-order valence-electron chi connectivity index (χ2n) is 6.34. The number of carbonyl (C=O) groups is 2. The predicted octanol–water partition coefficient (Wildman–Crippen LogP) is -1.28. The van der Waals surface area contributed by atoms with Crippen molar-refractivity contribution in [3.8, 4) is 0 Å². The van der Waals surface area contributed by atoms with Gasteiger partial charge in [0.05, 0.1) is 0 Å². The molecule has 0 atom stereocenters. The minimum Gasteiger partial charge on any atom is -0.756 e. The Hall–Kier alpha value is 0.0474. The second kappa shape index (κ2) is 7.89. The van der Waals surface area contributed by atoms with Crippen molar-refractivity contribution in [2.24, 2.45) is 10.8 Å². The van der Waals surface area contributed by atoms with Gasteiger partial charge in [0.1, 0.15) is 13.2 Å². The minimum absolute atomic E-state index is 0. The molecule has 0 aromatic carbocycles. The van der Waals surface area contributed by atoms with Crippen LogP contribution in [-0.4, -0.2) is 24.8 Å². The van der Waals surface area contributed by atoms with Crippen molar-refractivity contribution >= 4 is 19.4 Å². The summed E-state index contributed by atoms with van der Waals surface area (Å²) in [6.07, 6.45) is 0. The minimum atomic E-state index is -4.63. The Morgan fingerprint density at radius 2 is 1.15 bits per heavy atom. The molecular formula is C12H22LiO6P. The van der Waals surface area contributed by atoms with Gasteiger partial charge in [-0.05, 0) is 0 Å². The summed E-state index contributed by atoms with van der Waals surface area (Å²) >= 11 is 0. The van der Waals surface area contributed by atoms with Crippen LogP contribution < -0.4 is 23.8 Å². The van der Waals surface area contributed by atoms with Gasteiger partial charge in [-0.15, -0.1) is 0 Å². The molecule has 0 saturated heterocycles. The van der Waals surface area contributed by atoms with Crippen molar-refractivity contribution in [3.05, 3.63) is 0 Å². The van der Waals surface area contributed by atoms with Crippen LogP contribution in [0.1, 0.15) is 41.5 Å². The van der Waals surface area contributed by atoms with Crippen LogP contribution in [0.2, 0.25) is 0 Å². The van der Waals surface area contributed by atoms with Gasteiger partial charge in [-0.2, -0.15) is 0 Å². The van der Waals surface area contributed by atoms with E-state index in [1.54, 1.807) is 41.5 Å². The standard InChI is InChI=1S/C12H23O6P.Li/c1-11(2,3)9(13)7-17-19(15,16)18-8-10(14)12(4,5)6;/h7-8H2,1-6H3,(H,15,16);/q;+1/p-1. The van der Waals surface area contributed by atoms with Crippen LogP contribution >= 0.6 is 7.82 Å². The number of ketones is 2. The van der Waals surface area contributed by atoms with Crippen LogP contribution in [-0.2, 0) is 23.2 Å². The molecule has 0 heterocycles. The summed E-state index contributed by atoms with van der Waals surface area (Å²) in [4.78, 5) is 34.4. The third kappa shape index (κ3) is 9.07.